The second-order valence-corrected chi connectivity index (χ2v) is 15.1. The van der Waals surface area contributed by atoms with E-state index in [-0.39, 0.29) is 0 Å². The van der Waals surface area contributed by atoms with Gasteiger partial charge in [0.2, 0.25) is 0 Å². The molecular weight excluding hydrogens is 687 g/mol. The van der Waals surface area contributed by atoms with Crippen molar-refractivity contribution in [2.24, 2.45) is 0 Å². The van der Waals surface area contributed by atoms with Gasteiger partial charge in [0.05, 0.1) is 11.4 Å². The zero-order valence-electron chi connectivity index (χ0n) is 29.8. The summed E-state index contributed by atoms with van der Waals surface area (Å²) < 4.78 is 9.24. The molecule has 2 nitrogen and oxygen atoms in total. The number of nitrogens with zero attached hydrogens (tertiary/aromatic N) is 1. The molecule has 11 aromatic rings. The van der Waals surface area contributed by atoms with Crippen LogP contribution in [0.15, 0.2) is 205 Å². The number of hydrogen-bond acceptors (Lipinski definition) is 3. The van der Waals surface area contributed by atoms with Crippen molar-refractivity contribution in [2.75, 3.05) is 4.90 Å². The Labute approximate surface area is 322 Å². The van der Waals surface area contributed by atoms with Crippen LogP contribution in [0.3, 0.4) is 0 Å². The third-order valence-corrected chi connectivity index (χ3v) is 12.0. The van der Waals surface area contributed by atoms with Crippen LogP contribution in [-0.2, 0) is 0 Å². The number of hydrogen-bond donors (Lipinski definition) is 0. The standard InChI is InChI=1S/C52H33NOS/c1-2-14-35(15-3-1)40-30-28-36(39-22-12-17-34-16-4-5-18-38(34)39)32-48(40)53(37-29-31-51-46(33-37)43-21-8-11-27-50(43)55-51)47-25-9-6-19-41(47)44-23-13-24-45-42-20-7-10-26-49(42)54-52(44)45/h1-33H. The molecule has 2 aromatic heterocycles. The van der Waals surface area contributed by atoms with Crippen LogP contribution >= 0.6 is 11.3 Å². The Hall–Kier alpha value is -6.94. The number of furan rings is 1. The van der Waals surface area contributed by atoms with E-state index in [2.05, 4.69) is 199 Å². The molecule has 0 bridgehead atoms. The summed E-state index contributed by atoms with van der Waals surface area (Å²) in [5.41, 5.74) is 11.9. The first-order valence-electron chi connectivity index (χ1n) is 18.7. The molecule has 2 heterocycles. The van der Waals surface area contributed by atoms with Crippen molar-refractivity contribution in [1.29, 1.82) is 0 Å². The zero-order chi connectivity index (χ0) is 36.3. The Morgan fingerprint density at radius 3 is 1.96 bits per heavy atom. The van der Waals surface area contributed by atoms with Crippen LogP contribution < -0.4 is 4.90 Å². The molecular formula is C52H33NOS. The topological polar surface area (TPSA) is 16.4 Å². The van der Waals surface area contributed by atoms with E-state index in [1.54, 1.807) is 0 Å². The summed E-state index contributed by atoms with van der Waals surface area (Å²) in [4.78, 5) is 2.47. The average Bonchev–Trinajstić information content (AvgIpc) is 3.83. The molecule has 0 atom stereocenters. The predicted molar refractivity (Wildman–Crippen MR) is 235 cm³/mol. The number of anilines is 3. The first-order valence-corrected chi connectivity index (χ1v) is 19.5. The maximum absolute atomic E-state index is 6.67. The fourth-order valence-electron chi connectivity index (χ4n) is 8.34. The van der Waals surface area contributed by atoms with Gasteiger partial charge >= 0.3 is 0 Å². The summed E-state index contributed by atoms with van der Waals surface area (Å²) >= 11 is 1.85. The van der Waals surface area contributed by atoms with Crippen LogP contribution in [0.25, 0.3) is 86.3 Å². The molecule has 0 fully saturated rings. The minimum atomic E-state index is 0.892. The van der Waals surface area contributed by atoms with Gasteiger partial charge in [-0.2, -0.15) is 0 Å². The van der Waals surface area contributed by atoms with Gasteiger partial charge in [-0.25, -0.2) is 0 Å². The average molecular weight is 720 g/mol. The Balaban J connectivity index is 1.23. The van der Waals surface area contributed by atoms with E-state index in [9.17, 15) is 0 Å². The summed E-state index contributed by atoms with van der Waals surface area (Å²) in [5.74, 6) is 0. The molecule has 258 valence electrons. The molecule has 0 saturated carbocycles. The molecule has 0 aliphatic heterocycles. The van der Waals surface area contributed by atoms with Crippen LogP contribution in [0.5, 0.6) is 0 Å². The van der Waals surface area contributed by atoms with Crippen molar-refractivity contribution in [3.8, 4) is 33.4 Å². The van der Waals surface area contributed by atoms with Gasteiger partial charge in [0.15, 0.2) is 0 Å². The minimum Gasteiger partial charge on any atom is -0.455 e. The molecule has 0 aliphatic carbocycles. The summed E-state index contributed by atoms with van der Waals surface area (Å²) in [6, 6.07) is 72.3. The largest absolute Gasteiger partial charge is 0.455 e. The van der Waals surface area contributed by atoms with E-state index >= 15 is 0 Å². The molecule has 0 spiro atoms. The van der Waals surface area contributed by atoms with Gasteiger partial charge in [0, 0.05) is 53.3 Å². The summed E-state index contributed by atoms with van der Waals surface area (Å²) in [6.45, 7) is 0. The molecule has 0 N–H and O–H groups in total. The Morgan fingerprint density at radius 2 is 1.04 bits per heavy atom. The Kier molecular flexibility index (Phi) is 7.39. The van der Waals surface area contributed by atoms with Crippen molar-refractivity contribution in [1.82, 2.24) is 0 Å². The molecule has 11 rings (SSSR count). The van der Waals surface area contributed by atoms with Crippen LogP contribution in [0.4, 0.5) is 17.1 Å². The SMILES string of the molecule is c1ccc(-c2ccc(-c3cccc4ccccc34)cc2N(c2ccc3sc4ccccc4c3c2)c2ccccc2-c2cccc3c2oc2ccccc23)cc1. The zero-order valence-corrected chi connectivity index (χ0v) is 30.6. The predicted octanol–water partition coefficient (Wildman–Crippen LogP) is 15.6. The number of rotatable bonds is 6. The first-order chi connectivity index (χ1) is 27.3. The second-order valence-electron chi connectivity index (χ2n) is 14.0. The van der Waals surface area contributed by atoms with Crippen molar-refractivity contribution < 1.29 is 4.42 Å². The molecule has 0 radical (unpaired) electrons. The van der Waals surface area contributed by atoms with Crippen LogP contribution in [0, 0.1) is 0 Å². The van der Waals surface area contributed by atoms with Gasteiger partial charge in [0.25, 0.3) is 0 Å². The normalized spacial score (nSPS) is 11.6. The molecule has 0 unspecified atom stereocenters. The van der Waals surface area contributed by atoms with E-state index in [1.165, 1.54) is 36.5 Å². The highest BCUT2D eigenvalue weighted by Gasteiger charge is 2.24. The van der Waals surface area contributed by atoms with Gasteiger partial charge in [0.1, 0.15) is 11.2 Å². The van der Waals surface area contributed by atoms with E-state index in [1.807, 2.05) is 17.4 Å². The fraction of sp³-hybridized carbons (Fsp3) is 0. The van der Waals surface area contributed by atoms with E-state index in [0.717, 1.165) is 66.8 Å². The first kappa shape index (κ1) is 31.6. The second kappa shape index (κ2) is 12.9. The molecule has 0 saturated heterocycles. The van der Waals surface area contributed by atoms with Crippen molar-refractivity contribution in [3.63, 3.8) is 0 Å². The third kappa shape index (κ3) is 5.24. The smallest absolute Gasteiger partial charge is 0.143 e. The van der Waals surface area contributed by atoms with Gasteiger partial charge in [-0.3, -0.25) is 0 Å². The number of benzene rings is 9. The van der Waals surface area contributed by atoms with E-state index < -0.39 is 0 Å². The van der Waals surface area contributed by atoms with Crippen LogP contribution in [-0.4, -0.2) is 0 Å². The molecule has 0 aliphatic rings. The Bertz CT molecular complexity index is 3220. The lowest BCUT2D eigenvalue weighted by atomic mass is 9.93. The maximum Gasteiger partial charge on any atom is 0.143 e. The molecule has 0 amide bonds. The lowest BCUT2D eigenvalue weighted by Crippen LogP contribution is -2.12. The quantitative estimate of drug-likeness (QED) is 0.170. The third-order valence-electron chi connectivity index (χ3n) is 10.9. The van der Waals surface area contributed by atoms with Crippen LogP contribution in [0.1, 0.15) is 0 Å². The fourth-order valence-corrected chi connectivity index (χ4v) is 9.43. The summed E-state index contributed by atoms with van der Waals surface area (Å²) in [5, 5.41) is 7.23. The Morgan fingerprint density at radius 1 is 0.364 bits per heavy atom. The molecule has 9 aromatic carbocycles. The van der Waals surface area contributed by atoms with Gasteiger partial charge < -0.3 is 9.32 Å². The van der Waals surface area contributed by atoms with E-state index in [0.29, 0.717) is 0 Å². The minimum absolute atomic E-state index is 0.892. The van der Waals surface area contributed by atoms with Gasteiger partial charge in [-0.05, 0) is 69.9 Å². The highest BCUT2D eigenvalue weighted by atomic mass is 32.1. The van der Waals surface area contributed by atoms with Gasteiger partial charge in [-0.15, -0.1) is 11.3 Å². The highest BCUT2D eigenvalue weighted by molar-refractivity contribution is 7.25. The highest BCUT2D eigenvalue weighted by Crippen LogP contribution is 2.49. The van der Waals surface area contributed by atoms with Crippen molar-refractivity contribution >= 4 is 81.3 Å². The van der Waals surface area contributed by atoms with Crippen molar-refractivity contribution in [2.45, 2.75) is 0 Å². The maximum atomic E-state index is 6.67. The molecule has 3 heteroatoms. The monoisotopic (exact) mass is 719 g/mol. The number of para-hydroxylation sites is 3. The lowest BCUT2D eigenvalue weighted by Gasteiger charge is -2.30. The summed E-state index contributed by atoms with van der Waals surface area (Å²) in [6.07, 6.45) is 0. The van der Waals surface area contributed by atoms with E-state index in [4.69, 9.17) is 4.42 Å². The number of fused-ring (bicyclic) bond motifs is 7. The lowest BCUT2D eigenvalue weighted by molar-refractivity contribution is 0.670. The molecule has 55 heavy (non-hydrogen) atoms. The van der Waals surface area contributed by atoms with Gasteiger partial charge in [-0.1, -0.05) is 158 Å². The summed E-state index contributed by atoms with van der Waals surface area (Å²) in [7, 11) is 0. The number of thiophene rings is 1. The van der Waals surface area contributed by atoms with Crippen LogP contribution in [0.2, 0.25) is 0 Å². The van der Waals surface area contributed by atoms with Crippen molar-refractivity contribution in [3.05, 3.63) is 200 Å².